The highest BCUT2D eigenvalue weighted by Gasteiger charge is 2.14. The number of esters is 1. The molecule has 0 fully saturated rings. The first-order valence-corrected chi connectivity index (χ1v) is 10.3. The van der Waals surface area contributed by atoms with Crippen LogP contribution in [-0.4, -0.2) is 20.7 Å². The Morgan fingerprint density at radius 2 is 1.74 bits per heavy atom. The van der Waals surface area contributed by atoms with Crippen LogP contribution in [0.1, 0.15) is 10.4 Å². The van der Waals surface area contributed by atoms with E-state index in [0.29, 0.717) is 12.2 Å². The second-order valence-corrected chi connectivity index (χ2v) is 11.6. The van der Waals surface area contributed by atoms with Gasteiger partial charge in [0, 0.05) is 8.07 Å². The summed E-state index contributed by atoms with van der Waals surface area (Å²) in [4.78, 5) is 12.0. The van der Waals surface area contributed by atoms with Gasteiger partial charge < -0.3 is 4.74 Å². The number of hydrogen-bond donors (Lipinski definition) is 0. The lowest BCUT2D eigenvalue weighted by Gasteiger charge is -2.15. The van der Waals surface area contributed by atoms with Crippen LogP contribution in [0.2, 0.25) is 25.7 Å². The zero-order chi connectivity index (χ0) is 13.9. The number of fused-ring (bicyclic) bond motifs is 1. The van der Waals surface area contributed by atoms with E-state index in [1.807, 2.05) is 42.5 Å². The average Bonchev–Trinajstić information content (AvgIpc) is 2.36. The van der Waals surface area contributed by atoms with Gasteiger partial charge in [-0.2, -0.15) is 0 Å². The molecule has 0 saturated carbocycles. The molecule has 0 radical (unpaired) electrons. The van der Waals surface area contributed by atoms with Gasteiger partial charge in [0.1, 0.15) is 0 Å². The molecule has 0 aliphatic carbocycles. The minimum absolute atomic E-state index is 0.219. The molecule has 2 nitrogen and oxygen atoms in total. The van der Waals surface area contributed by atoms with E-state index in [2.05, 4.69) is 19.6 Å². The predicted octanol–water partition coefficient (Wildman–Crippen LogP) is 4.33. The molecule has 0 unspecified atom stereocenters. The second kappa shape index (κ2) is 5.57. The summed E-state index contributed by atoms with van der Waals surface area (Å²) in [6.07, 6.45) is 0. The standard InChI is InChI=1S/C16H20O2Si/c1-19(2,3)11-10-18-16(17)15-9-8-13-6-4-5-7-14(13)12-15/h4-9,12H,10-11H2,1-3H3. The van der Waals surface area contributed by atoms with E-state index in [1.54, 1.807) is 0 Å². The highest BCUT2D eigenvalue weighted by Crippen LogP contribution is 2.16. The van der Waals surface area contributed by atoms with Crippen molar-refractivity contribution in [1.82, 2.24) is 0 Å². The molecule has 0 amide bonds. The van der Waals surface area contributed by atoms with Gasteiger partial charge in [0.25, 0.3) is 0 Å². The van der Waals surface area contributed by atoms with Crippen molar-refractivity contribution in [3.63, 3.8) is 0 Å². The maximum atomic E-state index is 12.0. The molecule has 3 heteroatoms. The van der Waals surface area contributed by atoms with E-state index in [9.17, 15) is 4.79 Å². The Labute approximate surface area is 115 Å². The Bertz CT molecular complexity index is 585. The number of benzene rings is 2. The molecule has 0 aliphatic heterocycles. The van der Waals surface area contributed by atoms with E-state index in [4.69, 9.17) is 4.74 Å². The molecule has 19 heavy (non-hydrogen) atoms. The molecule has 2 aromatic carbocycles. The molecule has 0 heterocycles. The minimum Gasteiger partial charge on any atom is -0.462 e. The van der Waals surface area contributed by atoms with E-state index in [0.717, 1.165) is 16.8 Å². The van der Waals surface area contributed by atoms with Crippen LogP contribution in [0, 0.1) is 0 Å². The van der Waals surface area contributed by atoms with Gasteiger partial charge in [-0.25, -0.2) is 4.79 Å². The van der Waals surface area contributed by atoms with Crippen LogP contribution in [0.5, 0.6) is 0 Å². The molecule has 0 bridgehead atoms. The summed E-state index contributed by atoms with van der Waals surface area (Å²) in [6.45, 7) is 7.35. The molecule has 0 N–H and O–H groups in total. The quantitative estimate of drug-likeness (QED) is 0.611. The number of rotatable bonds is 4. The zero-order valence-electron chi connectivity index (χ0n) is 11.8. The van der Waals surface area contributed by atoms with Gasteiger partial charge >= 0.3 is 5.97 Å². The molecule has 0 spiro atoms. The van der Waals surface area contributed by atoms with E-state index >= 15 is 0 Å². The highest BCUT2D eigenvalue weighted by atomic mass is 28.3. The van der Waals surface area contributed by atoms with Crippen molar-refractivity contribution >= 4 is 24.8 Å². The zero-order valence-corrected chi connectivity index (χ0v) is 12.8. The molecule has 0 aliphatic rings. The summed E-state index contributed by atoms with van der Waals surface area (Å²) in [5, 5.41) is 2.21. The number of hydrogen-bond acceptors (Lipinski definition) is 2. The van der Waals surface area contributed by atoms with Gasteiger partial charge in [-0.15, -0.1) is 0 Å². The van der Waals surface area contributed by atoms with Crippen molar-refractivity contribution in [2.24, 2.45) is 0 Å². The van der Waals surface area contributed by atoms with Crippen LogP contribution in [-0.2, 0) is 4.74 Å². The highest BCUT2D eigenvalue weighted by molar-refractivity contribution is 6.76. The number of carbonyl (C=O) groups excluding carboxylic acids is 1. The third-order valence-corrected chi connectivity index (χ3v) is 4.77. The summed E-state index contributed by atoms with van der Waals surface area (Å²) in [5.74, 6) is -0.219. The fraction of sp³-hybridized carbons (Fsp3) is 0.312. The summed E-state index contributed by atoms with van der Waals surface area (Å²) in [5.41, 5.74) is 0.634. The first kappa shape index (κ1) is 13.8. The third kappa shape index (κ3) is 3.93. The van der Waals surface area contributed by atoms with Crippen LogP contribution < -0.4 is 0 Å². The Hall–Kier alpha value is -1.61. The fourth-order valence-electron chi connectivity index (χ4n) is 1.85. The lowest BCUT2D eigenvalue weighted by Crippen LogP contribution is -2.22. The van der Waals surface area contributed by atoms with Gasteiger partial charge in [0.15, 0.2) is 0 Å². The first-order valence-electron chi connectivity index (χ1n) is 6.62. The lowest BCUT2D eigenvalue weighted by atomic mass is 10.1. The fourth-order valence-corrected chi connectivity index (χ4v) is 2.56. The predicted molar refractivity (Wildman–Crippen MR) is 82.4 cm³/mol. The summed E-state index contributed by atoms with van der Waals surface area (Å²) >= 11 is 0. The molecule has 0 aromatic heterocycles. The second-order valence-electron chi connectivity index (χ2n) is 6.01. The van der Waals surface area contributed by atoms with Crippen molar-refractivity contribution < 1.29 is 9.53 Å². The third-order valence-electron chi connectivity index (χ3n) is 3.07. The molecule has 0 saturated heterocycles. The van der Waals surface area contributed by atoms with Crippen molar-refractivity contribution in [2.75, 3.05) is 6.61 Å². The molecular weight excluding hydrogens is 252 g/mol. The summed E-state index contributed by atoms with van der Waals surface area (Å²) < 4.78 is 5.35. The van der Waals surface area contributed by atoms with Gasteiger partial charge in [0.2, 0.25) is 0 Å². The Morgan fingerprint density at radius 3 is 2.42 bits per heavy atom. The molecular formula is C16H20O2Si. The van der Waals surface area contributed by atoms with Gasteiger partial charge in [0.05, 0.1) is 12.2 Å². The number of ether oxygens (including phenoxy) is 1. The largest absolute Gasteiger partial charge is 0.462 e. The van der Waals surface area contributed by atoms with Crippen LogP contribution in [0.3, 0.4) is 0 Å². The summed E-state index contributed by atoms with van der Waals surface area (Å²) in [6, 6.07) is 14.7. The van der Waals surface area contributed by atoms with E-state index in [-0.39, 0.29) is 5.97 Å². The van der Waals surface area contributed by atoms with E-state index < -0.39 is 8.07 Å². The minimum atomic E-state index is -1.15. The van der Waals surface area contributed by atoms with Gasteiger partial charge in [-0.1, -0.05) is 50.0 Å². The molecule has 2 aromatic rings. The SMILES string of the molecule is C[Si](C)(C)CCOC(=O)c1ccc2ccccc2c1. The normalized spacial score (nSPS) is 11.5. The van der Waals surface area contributed by atoms with Crippen molar-refractivity contribution in [3.8, 4) is 0 Å². The van der Waals surface area contributed by atoms with Crippen LogP contribution in [0.4, 0.5) is 0 Å². The molecule has 100 valence electrons. The Morgan fingerprint density at radius 1 is 1.05 bits per heavy atom. The lowest BCUT2D eigenvalue weighted by molar-refractivity contribution is 0.0525. The van der Waals surface area contributed by atoms with E-state index in [1.165, 1.54) is 0 Å². The smallest absolute Gasteiger partial charge is 0.338 e. The van der Waals surface area contributed by atoms with Crippen molar-refractivity contribution in [1.29, 1.82) is 0 Å². The maximum Gasteiger partial charge on any atom is 0.338 e. The maximum absolute atomic E-state index is 12.0. The first-order chi connectivity index (χ1) is 8.96. The Kier molecular flexibility index (Phi) is 4.05. The average molecular weight is 272 g/mol. The van der Waals surface area contributed by atoms with Crippen molar-refractivity contribution in [3.05, 3.63) is 48.0 Å². The van der Waals surface area contributed by atoms with Crippen LogP contribution >= 0.6 is 0 Å². The van der Waals surface area contributed by atoms with Gasteiger partial charge in [-0.05, 0) is 28.9 Å². The number of carbonyl (C=O) groups is 1. The van der Waals surface area contributed by atoms with Crippen molar-refractivity contribution in [2.45, 2.75) is 25.7 Å². The molecule has 2 rings (SSSR count). The summed E-state index contributed by atoms with van der Waals surface area (Å²) in [7, 11) is -1.15. The van der Waals surface area contributed by atoms with Crippen LogP contribution in [0.15, 0.2) is 42.5 Å². The topological polar surface area (TPSA) is 26.3 Å². The van der Waals surface area contributed by atoms with Gasteiger partial charge in [-0.3, -0.25) is 0 Å². The van der Waals surface area contributed by atoms with Crippen LogP contribution in [0.25, 0.3) is 10.8 Å². The monoisotopic (exact) mass is 272 g/mol. The Balaban J connectivity index is 2.05. The molecule has 0 atom stereocenters.